The zero-order valence-corrected chi connectivity index (χ0v) is 13.2. The monoisotopic (exact) mass is 275 g/mol. The molecule has 0 radical (unpaired) electrons. The van der Waals surface area contributed by atoms with Crippen molar-refractivity contribution >= 4 is 0 Å². The van der Waals surface area contributed by atoms with Gasteiger partial charge in [0.05, 0.1) is 0 Å². The Labute approximate surface area is 123 Å². The number of nitrogens with zero attached hydrogens (tertiary/aromatic N) is 2. The molecule has 1 heterocycles. The molecular weight excluding hydrogens is 246 g/mol. The Morgan fingerprint density at radius 1 is 1.30 bits per heavy atom. The molecule has 2 rings (SSSR count). The third kappa shape index (κ3) is 3.40. The van der Waals surface area contributed by atoms with Gasteiger partial charge < -0.3 is 10.6 Å². The molecule has 1 saturated heterocycles. The van der Waals surface area contributed by atoms with Crippen LogP contribution in [0.2, 0.25) is 0 Å². The van der Waals surface area contributed by atoms with Crippen molar-refractivity contribution in [1.82, 2.24) is 9.80 Å². The van der Waals surface area contributed by atoms with Gasteiger partial charge in [0.1, 0.15) is 0 Å². The van der Waals surface area contributed by atoms with Crippen LogP contribution in [-0.4, -0.2) is 48.6 Å². The fraction of sp³-hybridized carbons (Fsp3) is 0.647. The number of rotatable bonds is 5. The van der Waals surface area contributed by atoms with E-state index in [0.29, 0.717) is 0 Å². The fourth-order valence-electron chi connectivity index (χ4n) is 3.28. The summed E-state index contributed by atoms with van der Waals surface area (Å²) in [5.74, 6) is 0. The summed E-state index contributed by atoms with van der Waals surface area (Å²) in [5, 5.41) is 0. The number of likely N-dealkylation sites (tertiary alicyclic amines) is 1. The van der Waals surface area contributed by atoms with Gasteiger partial charge >= 0.3 is 0 Å². The molecule has 1 aliphatic rings. The van der Waals surface area contributed by atoms with Gasteiger partial charge in [-0.15, -0.1) is 0 Å². The molecule has 2 N–H and O–H groups in total. The van der Waals surface area contributed by atoms with E-state index in [4.69, 9.17) is 5.73 Å². The smallest absolute Gasteiger partial charge is 0.0356 e. The van der Waals surface area contributed by atoms with E-state index >= 15 is 0 Å². The number of aryl methyl sites for hydroxylation is 1. The molecular formula is C17H29N3. The number of hydrogen-bond acceptors (Lipinski definition) is 3. The van der Waals surface area contributed by atoms with Crippen LogP contribution in [-0.2, 0) is 6.54 Å². The Hall–Kier alpha value is -0.900. The molecule has 0 unspecified atom stereocenters. The summed E-state index contributed by atoms with van der Waals surface area (Å²) >= 11 is 0. The van der Waals surface area contributed by atoms with Gasteiger partial charge in [-0.1, -0.05) is 36.8 Å². The molecule has 0 aliphatic carbocycles. The van der Waals surface area contributed by atoms with E-state index in [2.05, 4.69) is 55.0 Å². The Morgan fingerprint density at radius 2 is 2.00 bits per heavy atom. The molecule has 3 heteroatoms. The zero-order valence-electron chi connectivity index (χ0n) is 13.2. The molecule has 0 spiro atoms. The second-order valence-electron chi connectivity index (χ2n) is 6.21. The number of piperidine rings is 1. The number of hydrogen-bond donors (Lipinski definition) is 1. The minimum absolute atomic E-state index is 0.176. The average Bonchev–Trinajstić information content (AvgIpc) is 2.47. The Morgan fingerprint density at radius 3 is 2.55 bits per heavy atom. The van der Waals surface area contributed by atoms with E-state index in [-0.39, 0.29) is 5.54 Å². The molecule has 0 saturated carbocycles. The lowest BCUT2D eigenvalue weighted by Gasteiger charge is -2.47. The van der Waals surface area contributed by atoms with Crippen molar-refractivity contribution in [2.45, 2.75) is 38.8 Å². The van der Waals surface area contributed by atoms with Crippen molar-refractivity contribution in [3.8, 4) is 0 Å². The highest BCUT2D eigenvalue weighted by Crippen LogP contribution is 2.28. The Bertz CT molecular complexity index is 422. The first-order chi connectivity index (χ1) is 9.59. The van der Waals surface area contributed by atoms with Crippen molar-refractivity contribution < 1.29 is 0 Å². The minimum Gasteiger partial charge on any atom is -0.329 e. The summed E-state index contributed by atoms with van der Waals surface area (Å²) in [7, 11) is 2.23. The molecule has 1 aromatic rings. The Balaban J connectivity index is 2.04. The summed E-state index contributed by atoms with van der Waals surface area (Å²) in [6, 6.07) is 8.80. The van der Waals surface area contributed by atoms with Crippen LogP contribution >= 0.6 is 0 Å². The minimum atomic E-state index is 0.176. The summed E-state index contributed by atoms with van der Waals surface area (Å²) in [6.07, 6.45) is 2.36. The molecule has 20 heavy (non-hydrogen) atoms. The van der Waals surface area contributed by atoms with Crippen LogP contribution in [0.1, 0.15) is 30.9 Å². The molecule has 3 nitrogen and oxygen atoms in total. The van der Waals surface area contributed by atoms with Gasteiger partial charge in [-0.25, -0.2) is 0 Å². The van der Waals surface area contributed by atoms with Crippen LogP contribution in [0.15, 0.2) is 24.3 Å². The predicted molar refractivity (Wildman–Crippen MR) is 85.8 cm³/mol. The topological polar surface area (TPSA) is 32.5 Å². The summed E-state index contributed by atoms with van der Waals surface area (Å²) in [5.41, 5.74) is 9.04. The molecule has 1 aliphatic heterocycles. The van der Waals surface area contributed by atoms with Crippen molar-refractivity contribution in [2.75, 3.05) is 33.2 Å². The van der Waals surface area contributed by atoms with E-state index in [9.17, 15) is 0 Å². The van der Waals surface area contributed by atoms with Gasteiger partial charge in [-0.2, -0.15) is 0 Å². The van der Waals surface area contributed by atoms with E-state index in [0.717, 1.165) is 19.6 Å². The Kier molecular flexibility index (Phi) is 5.19. The third-order valence-corrected chi connectivity index (χ3v) is 4.93. The van der Waals surface area contributed by atoms with Crippen molar-refractivity contribution in [2.24, 2.45) is 5.73 Å². The van der Waals surface area contributed by atoms with Gasteiger partial charge in [0.2, 0.25) is 0 Å². The van der Waals surface area contributed by atoms with Crippen molar-refractivity contribution in [3.05, 3.63) is 35.4 Å². The second kappa shape index (κ2) is 6.70. The van der Waals surface area contributed by atoms with E-state index in [1.807, 2.05) is 0 Å². The quantitative estimate of drug-likeness (QED) is 0.894. The number of benzene rings is 1. The lowest BCUT2D eigenvalue weighted by Crippen LogP contribution is -2.57. The van der Waals surface area contributed by atoms with Crippen LogP contribution in [0.3, 0.4) is 0 Å². The maximum atomic E-state index is 6.15. The van der Waals surface area contributed by atoms with Crippen LogP contribution in [0, 0.1) is 6.92 Å². The molecule has 0 aromatic heterocycles. The largest absolute Gasteiger partial charge is 0.329 e. The highest BCUT2D eigenvalue weighted by molar-refractivity contribution is 5.22. The summed E-state index contributed by atoms with van der Waals surface area (Å²) in [6.45, 7) is 9.64. The first kappa shape index (κ1) is 15.5. The maximum absolute atomic E-state index is 6.15. The third-order valence-electron chi connectivity index (χ3n) is 4.93. The highest BCUT2D eigenvalue weighted by Gasteiger charge is 2.36. The maximum Gasteiger partial charge on any atom is 0.0356 e. The SMILES string of the molecule is CCN1CCC(CN)(N(C)Cc2cccc(C)c2)CC1. The van der Waals surface area contributed by atoms with Crippen molar-refractivity contribution in [1.29, 1.82) is 0 Å². The first-order valence-corrected chi connectivity index (χ1v) is 7.79. The number of likely N-dealkylation sites (N-methyl/N-ethyl adjacent to an activating group) is 1. The van der Waals surface area contributed by atoms with Crippen molar-refractivity contribution in [3.63, 3.8) is 0 Å². The van der Waals surface area contributed by atoms with Gasteiger partial charge in [-0.3, -0.25) is 4.90 Å². The van der Waals surface area contributed by atoms with Crippen LogP contribution in [0.4, 0.5) is 0 Å². The van der Waals surface area contributed by atoms with Crippen LogP contribution < -0.4 is 5.73 Å². The molecule has 1 aromatic carbocycles. The first-order valence-electron chi connectivity index (χ1n) is 7.79. The van der Waals surface area contributed by atoms with Gasteiger partial charge in [0, 0.05) is 18.6 Å². The number of nitrogens with two attached hydrogens (primary N) is 1. The van der Waals surface area contributed by atoms with Gasteiger partial charge in [-0.05, 0) is 52.0 Å². The van der Waals surface area contributed by atoms with E-state index < -0.39 is 0 Å². The van der Waals surface area contributed by atoms with E-state index in [1.165, 1.54) is 37.1 Å². The fourth-order valence-corrected chi connectivity index (χ4v) is 3.28. The standard InChI is InChI=1S/C17H29N3/c1-4-20-10-8-17(14-18,9-11-20)19(3)13-16-7-5-6-15(2)12-16/h5-7,12H,4,8-11,13-14,18H2,1-3H3. The highest BCUT2D eigenvalue weighted by atomic mass is 15.2. The normalized spacial score (nSPS) is 19.4. The zero-order chi connectivity index (χ0) is 14.6. The predicted octanol–water partition coefficient (Wildman–Crippen LogP) is 2.24. The molecule has 0 bridgehead atoms. The molecule has 112 valence electrons. The second-order valence-corrected chi connectivity index (χ2v) is 6.21. The average molecular weight is 275 g/mol. The van der Waals surface area contributed by atoms with Crippen LogP contribution in [0.25, 0.3) is 0 Å². The summed E-state index contributed by atoms with van der Waals surface area (Å²) < 4.78 is 0. The van der Waals surface area contributed by atoms with Gasteiger partial charge in [0.25, 0.3) is 0 Å². The van der Waals surface area contributed by atoms with E-state index in [1.54, 1.807) is 0 Å². The lowest BCUT2D eigenvalue weighted by molar-refractivity contribution is 0.0418. The van der Waals surface area contributed by atoms with Crippen LogP contribution in [0.5, 0.6) is 0 Å². The molecule has 0 amide bonds. The lowest BCUT2D eigenvalue weighted by atomic mass is 9.85. The molecule has 0 atom stereocenters. The van der Waals surface area contributed by atoms with Gasteiger partial charge in [0.15, 0.2) is 0 Å². The summed E-state index contributed by atoms with van der Waals surface area (Å²) in [4.78, 5) is 5.00. The molecule has 1 fully saturated rings.